The van der Waals surface area contributed by atoms with Crippen LogP contribution in [0.1, 0.15) is 64.8 Å². The molecule has 2 aliphatic rings. The van der Waals surface area contributed by atoms with Gasteiger partial charge < -0.3 is 14.8 Å². The molecule has 1 aliphatic heterocycles. The molecule has 1 aromatic heterocycles. The minimum absolute atomic E-state index is 0. The first-order valence-electron chi connectivity index (χ1n) is 12.7. The molecule has 1 aliphatic carbocycles. The van der Waals surface area contributed by atoms with Gasteiger partial charge in [-0.3, -0.25) is 14.6 Å². The second-order valence-electron chi connectivity index (χ2n) is 9.24. The number of hydrogen-bond donors (Lipinski definition) is 1. The number of carbonyl (C=O) groups is 2. The number of ether oxygens (including phenoxy) is 2. The van der Waals surface area contributed by atoms with Gasteiger partial charge in [-0.15, -0.1) is 12.4 Å². The van der Waals surface area contributed by atoms with Crippen LogP contribution in [-0.2, 0) is 0 Å². The average molecular weight is 535 g/mol. The van der Waals surface area contributed by atoms with E-state index in [0.29, 0.717) is 29.1 Å². The van der Waals surface area contributed by atoms with Crippen molar-refractivity contribution >= 4 is 35.6 Å². The van der Waals surface area contributed by atoms with Crippen LogP contribution in [0.15, 0.2) is 72.1 Å². The van der Waals surface area contributed by atoms with Crippen molar-refractivity contribution in [3.63, 3.8) is 0 Å². The second-order valence-corrected chi connectivity index (χ2v) is 9.24. The molecule has 198 valence electrons. The van der Waals surface area contributed by atoms with Crippen molar-refractivity contribution in [1.29, 1.82) is 0 Å². The monoisotopic (exact) mass is 534 g/mol. The molecule has 3 aromatic rings. The van der Waals surface area contributed by atoms with E-state index >= 15 is 0 Å². The summed E-state index contributed by atoms with van der Waals surface area (Å²) in [6.07, 6.45) is 9.42. The second kappa shape index (κ2) is 12.6. The number of carbonyl (C=O) groups excluding carboxylic acids is 2. The van der Waals surface area contributed by atoms with Crippen LogP contribution in [0.4, 0.5) is 5.69 Å². The molecule has 2 heterocycles. The van der Waals surface area contributed by atoms with Gasteiger partial charge in [0.15, 0.2) is 11.5 Å². The van der Waals surface area contributed by atoms with Gasteiger partial charge in [0.2, 0.25) is 0 Å². The smallest absolute Gasteiger partial charge is 0.273 e. The van der Waals surface area contributed by atoms with Crippen LogP contribution >= 0.6 is 12.4 Å². The van der Waals surface area contributed by atoms with E-state index in [-0.39, 0.29) is 30.3 Å². The molecule has 1 fully saturated rings. The van der Waals surface area contributed by atoms with Gasteiger partial charge in [-0.05, 0) is 93.1 Å². The summed E-state index contributed by atoms with van der Waals surface area (Å²) in [7, 11) is 1.64. The Morgan fingerprint density at radius 2 is 1.76 bits per heavy atom. The number of hydrogen-bond acceptors (Lipinski definition) is 6. The topological polar surface area (TPSA) is 93.1 Å². The fourth-order valence-corrected chi connectivity index (χ4v) is 4.67. The molecule has 5 rings (SSSR count). The number of pyridine rings is 1. The highest BCUT2D eigenvalue weighted by Crippen LogP contribution is 2.33. The fraction of sp³-hybridized carbons (Fsp3) is 0.310. The lowest BCUT2D eigenvalue weighted by Gasteiger charge is -2.24. The third-order valence-corrected chi connectivity index (χ3v) is 6.67. The van der Waals surface area contributed by atoms with Crippen molar-refractivity contribution in [3.8, 4) is 11.5 Å². The van der Waals surface area contributed by atoms with Crippen molar-refractivity contribution < 1.29 is 19.1 Å². The van der Waals surface area contributed by atoms with Crippen LogP contribution in [0.3, 0.4) is 0 Å². The molecule has 0 saturated heterocycles. The first-order chi connectivity index (χ1) is 18.1. The van der Waals surface area contributed by atoms with Gasteiger partial charge >= 0.3 is 0 Å². The Kier molecular flexibility index (Phi) is 8.97. The van der Waals surface area contributed by atoms with Gasteiger partial charge in [-0.25, -0.2) is 5.01 Å². The van der Waals surface area contributed by atoms with Gasteiger partial charge in [0.05, 0.1) is 24.5 Å². The van der Waals surface area contributed by atoms with E-state index in [1.165, 1.54) is 24.0 Å². The SMILES string of the molecule is COc1ccc(C2=NN(C(=O)c3ccc(NC(=O)c4cccnc4)cc3)CCC2)cc1OC1CCCC1.Cl. The van der Waals surface area contributed by atoms with Crippen LogP contribution in [0.5, 0.6) is 11.5 Å². The Morgan fingerprint density at radius 1 is 0.974 bits per heavy atom. The zero-order valence-electron chi connectivity index (χ0n) is 21.3. The summed E-state index contributed by atoms with van der Waals surface area (Å²) in [6, 6.07) is 16.1. The molecule has 1 saturated carbocycles. The highest BCUT2D eigenvalue weighted by Gasteiger charge is 2.23. The minimum Gasteiger partial charge on any atom is -0.493 e. The number of benzene rings is 2. The van der Waals surface area contributed by atoms with Crippen LogP contribution in [0, 0.1) is 0 Å². The third-order valence-electron chi connectivity index (χ3n) is 6.67. The Morgan fingerprint density at radius 3 is 2.47 bits per heavy atom. The highest BCUT2D eigenvalue weighted by atomic mass is 35.5. The summed E-state index contributed by atoms with van der Waals surface area (Å²) >= 11 is 0. The van der Waals surface area contributed by atoms with Gasteiger partial charge in [0.1, 0.15) is 0 Å². The number of nitrogens with zero attached hydrogens (tertiary/aromatic N) is 3. The van der Waals surface area contributed by atoms with E-state index in [0.717, 1.165) is 42.7 Å². The maximum atomic E-state index is 13.2. The fourth-order valence-electron chi connectivity index (χ4n) is 4.67. The Hall–Kier alpha value is -3.91. The van der Waals surface area contributed by atoms with Crippen LogP contribution < -0.4 is 14.8 Å². The summed E-state index contributed by atoms with van der Waals surface area (Å²) in [5.74, 6) is 0.990. The molecule has 0 bridgehead atoms. The Labute approximate surface area is 228 Å². The van der Waals surface area contributed by atoms with E-state index < -0.39 is 0 Å². The lowest BCUT2D eigenvalue weighted by Crippen LogP contribution is -2.32. The zero-order valence-corrected chi connectivity index (χ0v) is 22.1. The molecule has 0 atom stereocenters. The maximum absolute atomic E-state index is 13.2. The van der Waals surface area contributed by atoms with E-state index in [1.807, 2.05) is 18.2 Å². The molecule has 2 amide bonds. The minimum atomic E-state index is -0.256. The standard InChI is InChI=1S/C29H30N4O4.ClH/c1-36-26-15-12-21(18-27(26)37-24-7-2-3-8-24)25-9-5-17-33(32-25)29(35)20-10-13-23(14-11-20)31-28(34)22-6-4-16-30-19-22;/h4,6,10-16,18-19,24H,2-3,5,7-9,17H2,1H3,(H,31,34);1H. The number of amides is 2. The van der Waals surface area contributed by atoms with Gasteiger partial charge in [-0.1, -0.05) is 0 Å². The van der Waals surface area contributed by atoms with E-state index in [9.17, 15) is 9.59 Å². The van der Waals surface area contributed by atoms with E-state index in [1.54, 1.807) is 49.7 Å². The van der Waals surface area contributed by atoms with Crippen LogP contribution in [0.2, 0.25) is 0 Å². The van der Waals surface area contributed by atoms with Crippen molar-refractivity contribution in [1.82, 2.24) is 9.99 Å². The molecule has 38 heavy (non-hydrogen) atoms. The summed E-state index contributed by atoms with van der Waals surface area (Å²) in [5, 5.41) is 9.03. The highest BCUT2D eigenvalue weighted by molar-refractivity contribution is 6.05. The summed E-state index contributed by atoms with van der Waals surface area (Å²) in [5.41, 5.74) is 3.34. The van der Waals surface area contributed by atoms with Crippen molar-refractivity contribution in [2.45, 2.75) is 44.6 Å². The summed E-state index contributed by atoms with van der Waals surface area (Å²) < 4.78 is 11.8. The first kappa shape index (κ1) is 27.1. The Bertz CT molecular complexity index is 1290. The van der Waals surface area contributed by atoms with Gasteiger partial charge in [0.25, 0.3) is 11.8 Å². The molecule has 8 nitrogen and oxygen atoms in total. The number of aromatic nitrogens is 1. The number of nitrogens with one attached hydrogen (secondary N) is 1. The maximum Gasteiger partial charge on any atom is 0.273 e. The molecular formula is C29H31ClN4O4. The molecule has 2 aromatic carbocycles. The number of hydrazone groups is 1. The lowest BCUT2D eigenvalue weighted by molar-refractivity contribution is 0.0751. The molecule has 0 unspecified atom stereocenters. The van der Waals surface area contributed by atoms with Crippen LogP contribution in [-0.4, -0.2) is 47.3 Å². The largest absolute Gasteiger partial charge is 0.493 e. The van der Waals surface area contributed by atoms with E-state index in [2.05, 4.69) is 10.3 Å². The predicted molar refractivity (Wildman–Crippen MR) is 149 cm³/mol. The van der Waals surface area contributed by atoms with E-state index in [4.69, 9.17) is 14.6 Å². The van der Waals surface area contributed by atoms with Crippen molar-refractivity contribution in [3.05, 3.63) is 83.7 Å². The summed E-state index contributed by atoms with van der Waals surface area (Å²) in [4.78, 5) is 29.5. The molecule has 0 radical (unpaired) electrons. The average Bonchev–Trinajstić information content (AvgIpc) is 3.47. The number of methoxy groups -OCH3 is 1. The number of anilines is 1. The number of halogens is 1. The predicted octanol–water partition coefficient (Wildman–Crippen LogP) is 5.73. The normalized spacial score (nSPS) is 15.3. The molecule has 0 spiro atoms. The zero-order chi connectivity index (χ0) is 25.6. The molecular weight excluding hydrogens is 504 g/mol. The summed E-state index contributed by atoms with van der Waals surface area (Å²) in [6.45, 7) is 0.545. The van der Waals surface area contributed by atoms with Gasteiger partial charge in [-0.2, -0.15) is 5.10 Å². The molecule has 9 heteroatoms. The quantitative estimate of drug-likeness (QED) is 0.418. The number of rotatable bonds is 7. The lowest BCUT2D eigenvalue weighted by atomic mass is 10.0. The first-order valence-corrected chi connectivity index (χ1v) is 12.7. The van der Waals surface area contributed by atoms with Crippen LogP contribution in [0.25, 0.3) is 0 Å². The third kappa shape index (κ3) is 6.31. The van der Waals surface area contributed by atoms with Gasteiger partial charge in [0, 0.05) is 35.8 Å². The Balaban J connectivity index is 0.00000336. The molecule has 1 N–H and O–H groups in total. The van der Waals surface area contributed by atoms with Crippen molar-refractivity contribution in [2.75, 3.05) is 19.0 Å². The van der Waals surface area contributed by atoms with Crippen molar-refractivity contribution in [2.24, 2.45) is 5.10 Å².